The summed E-state index contributed by atoms with van der Waals surface area (Å²) in [5.41, 5.74) is 0.380. The highest BCUT2D eigenvalue weighted by Crippen LogP contribution is 2.29. The third-order valence-electron chi connectivity index (χ3n) is 3.54. The number of hydrogen-bond donors (Lipinski definition) is 1. The highest BCUT2D eigenvalue weighted by Gasteiger charge is 2.23. The van der Waals surface area contributed by atoms with E-state index in [0.717, 1.165) is 0 Å². The maximum absolute atomic E-state index is 14.9. The molecule has 1 atom stereocenters. The number of carbonyl (C=O) groups is 1. The Bertz CT molecular complexity index is 680. The maximum atomic E-state index is 14.9. The molecule has 122 valence electrons. The Morgan fingerprint density at radius 2 is 2.17 bits per heavy atom. The Kier molecular flexibility index (Phi) is 6.19. The van der Waals surface area contributed by atoms with Crippen molar-refractivity contribution in [1.29, 1.82) is 0 Å². The summed E-state index contributed by atoms with van der Waals surface area (Å²) in [6.07, 6.45) is 3.45. The van der Waals surface area contributed by atoms with E-state index in [4.69, 9.17) is 11.6 Å². The van der Waals surface area contributed by atoms with Crippen LogP contribution in [0.4, 0.5) is 8.78 Å². The van der Waals surface area contributed by atoms with Crippen LogP contribution in [0.2, 0.25) is 5.02 Å². The monoisotopic (exact) mass is 338 g/mol. The standard InChI is InChI=1S/C17H17ClF2N2O/c1-2-14(22-9-7-19)12-5-6-13(18)15(16(12)20)17(23)11-4-3-8-21-10-11/h3-6,8,10,14,22H,2,7,9H2,1H3/t14-/m1/s1. The highest BCUT2D eigenvalue weighted by atomic mass is 35.5. The van der Waals surface area contributed by atoms with Gasteiger partial charge in [0.2, 0.25) is 0 Å². The van der Waals surface area contributed by atoms with Gasteiger partial charge < -0.3 is 5.32 Å². The quantitative estimate of drug-likeness (QED) is 0.772. The van der Waals surface area contributed by atoms with Gasteiger partial charge in [0.15, 0.2) is 5.78 Å². The molecule has 6 heteroatoms. The Hall–Kier alpha value is -1.85. The first-order chi connectivity index (χ1) is 11.1. The first kappa shape index (κ1) is 17.5. The lowest BCUT2D eigenvalue weighted by atomic mass is 9.96. The minimum atomic E-state index is -0.676. The Balaban J connectivity index is 2.44. The second-order valence-electron chi connectivity index (χ2n) is 5.00. The molecule has 1 aromatic carbocycles. The molecule has 2 rings (SSSR count). The van der Waals surface area contributed by atoms with Crippen molar-refractivity contribution in [3.8, 4) is 0 Å². The summed E-state index contributed by atoms with van der Waals surface area (Å²) >= 11 is 6.04. The predicted octanol–water partition coefficient (Wildman–Crippen LogP) is 4.12. The minimum absolute atomic E-state index is 0.0421. The van der Waals surface area contributed by atoms with E-state index in [2.05, 4.69) is 10.3 Å². The molecule has 3 nitrogen and oxygen atoms in total. The number of benzene rings is 1. The summed E-state index contributed by atoms with van der Waals surface area (Å²) < 4.78 is 27.2. The lowest BCUT2D eigenvalue weighted by molar-refractivity contribution is 0.103. The van der Waals surface area contributed by atoms with E-state index in [1.165, 1.54) is 24.5 Å². The van der Waals surface area contributed by atoms with Crippen molar-refractivity contribution in [2.24, 2.45) is 0 Å². The van der Waals surface area contributed by atoms with Crippen LogP contribution in [-0.2, 0) is 0 Å². The van der Waals surface area contributed by atoms with Gasteiger partial charge >= 0.3 is 0 Å². The third-order valence-corrected chi connectivity index (χ3v) is 3.86. The number of alkyl halides is 1. The molecule has 1 heterocycles. The number of halogens is 3. The fourth-order valence-electron chi connectivity index (χ4n) is 2.39. The molecule has 0 radical (unpaired) electrons. The average molecular weight is 339 g/mol. The number of ketones is 1. The number of rotatable bonds is 7. The van der Waals surface area contributed by atoms with Crippen molar-refractivity contribution in [2.45, 2.75) is 19.4 Å². The summed E-state index contributed by atoms with van der Waals surface area (Å²) in [6, 6.07) is 5.78. The van der Waals surface area contributed by atoms with Gasteiger partial charge in [-0.15, -0.1) is 0 Å². The van der Waals surface area contributed by atoms with E-state index in [-0.39, 0.29) is 28.7 Å². The van der Waals surface area contributed by atoms with Crippen LogP contribution in [-0.4, -0.2) is 24.0 Å². The Labute approximate surface area is 138 Å². The lowest BCUT2D eigenvalue weighted by Gasteiger charge is -2.19. The van der Waals surface area contributed by atoms with Crippen molar-refractivity contribution < 1.29 is 13.6 Å². The molecular weight excluding hydrogens is 322 g/mol. The summed E-state index contributed by atoms with van der Waals surface area (Å²) in [7, 11) is 0. The van der Waals surface area contributed by atoms with Gasteiger partial charge in [0.25, 0.3) is 0 Å². The van der Waals surface area contributed by atoms with Crippen molar-refractivity contribution >= 4 is 17.4 Å². The second kappa shape index (κ2) is 8.13. The molecule has 0 amide bonds. The number of hydrogen-bond acceptors (Lipinski definition) is 3. The first-order valence-corrected chi connectivity index (χ1v) is 7.69. The molecule has 0 spiro atoms. The van der Waals surface area contributed by atoms with Gasteiger partial charge in [-0.05, 0) is 24.6 Å². The smallest absolute Gasteiger partial charge is 0.199 e. The summed E-state index contributed by atoms with van der Waals surface area (Å²) in [6.45, 7) is 1.42. The molecule has 0 saturated carbocycles. The van der Waals surface area contributed by atoms with E-state index >= 15 is 0 Å². The van der Waals surface area contributed by atoms with Crippen LogP contribution in [0, 0.1) is 5.82 Å². The molecule has 23 heavy (non-hydrogen) atoms. The maximum Gasteiger partial charge on any atom is 0.199 e. The van der Waals surface area contributed by atoms with Gasteiger partial charge in [0.1, 0.15) is 12.5 Å². The van der Waals surface area contributed by atoms with E-state index < -0.39 is 18.3 Å². The van der Waals surface area contributed by atoms with Crippen LogP contribution < -0.4 is 5.32 Å². The number of carbonyl (C=O) groups excluding carboxylic acids is 1. The van der Waals surface area contributed by atoms with Crippen LogP contribution in [0.25, 0.3) is 0 Å². The van der Waals surface area contributed by atoms with Crippen LogP contribution >= 0.6 is 11.6 Å². The lowest BCUT2D eigenvalue weighted by Crippen LogP contribution is -2.24. The van der Waals surface area contributed by atoms with Crippen LogP contribution in [0.3, 0.4) is 0 Å². The number of pyridine rings is 1. The summed E-state index contributed by atoms with van der Waals surface area (Å²) in [5.74, 6) is -1.20. The SMILES string of the molecule is CC[C@@H](NCCF)c1ccc(Cl)c(C(=O)c2cccnc2)c1F. The van der Waals surface area contributed by atoms with E-state index in [9.17, 15) is 13.6 Å². The molecule has 1 N–H and O–H groups in total. The largest absolute Gasteiger partial charge is 0.307 e. The van der Waals surface area contributed by atoms with Crippen LogP contribution in [0.1, 0.15) is 40.9 Å². The number of nitrogens with zero attached hydrogens (tertiary/aromatic N) is 1. The van der Waals surface area contributed by atoms with Gasteiger partial charge in [-0.3, -0.25) is 9.78 Å². The fourth-order valence-corrected chi connectivity index (χ4v) is 2.62. The third kappa shape index (κ3) is 3.92. The van der Waals surface area contributed by atoms with Crippen molar-refractivity contribution in [2.75, 3.05) is 13.2 Å². The minimum Gasteiger partial charge on any atom is -0.307 e. The van der Waals surface area contributed by atoms with E-state index in [0.29, 0.717) is 12.0 Å². The molecule has 0 aliphatic rings. The second-order valence-corrected chi connectivity index (χ2v) is 5.41. The van der Waals surface area contributed by atoms with Gasteiger partial charge in [-0.1, -0.05) is 24.6 Å². The topological polar surface area (TPSA) is 42.0 Å². The molecule has 0 aliphatic carbocycles. The zero-order valence-electron chi connectivity index (χ0n) is 12.7. The highest BCUT2D eigenvalue weighted by molar-refractivity contribution is 6.35. The van der Waals surface area contributed by atoms with Crippen molar-refractivity contribution in [3.63, 3.8) is 0 Å². The van der Waals surface area contributed by atoms with E-state index in [1.54, 1.807) is 12.1 Å². The zero-order valence-corrected chi connectivity index (χ0v) is 13.4. The van der Waals surface area contributed by atoms with E-state index in [1.807, 2.05) is 6.92 Å². The van der Waals surface area contributed by atoms with Crippen molar-refractivity contribution in [1.82, 2.24) is 10.3 Å². The Morgan fingerprint density at radius 1 is 1.39 bits per heavy atom. The van der Waals surface area contributed by atoms with Gasteiger partial charge in [-0.25, -0.2) is 8.78 Å². The molecule has 0 saturated heterocycles. The first-order valence-electron chi connectivity index (χ1n) is 7.32. The van der Waals surface area contributed by atoms with Gasteiger partial charge in [0, 0.05) is 36.1 Å². The molecular formula is C17H17ClF2N2O. The fraction of sp³-hybridized carbons (Fsp3) is 0.294. The van der Waals surface area contributed by atoms with Crippen molar-refractivity contribution in [3.05, 3.63) is 64.2 Å². The molecule has 0 unspecified atom stereocenters. The molecule has 0 aliphatic heterocycles. The summed E-state index contributed by atoms with van der Waals surface area (Å²) in [5, 5.41) is 2.96. The number of nitrogens with one attached hydrogen (secondary N) is 1. The Morgan fingerprint density at radius 3 is 2.78 bits per heavy atom. The van der Waals surface area contributed by atoms with Gasteiger partial charge in [-0.2, -0.15) is 0 Å². The summed E-state index contributed by atoms with van der Waals surface area (Å²) in [4.78, 5) is 16.4. The zero-order chi connectivity index (χ0) is 16.8. The average Bonchev–Trinajstić information content (AvgIpc) is 2.57. The van der Waals surface area contributed by atoms with Crippen LogP contribution in [0.5, 0.6) is 0 Å². The van der Waals surface area contributed by atoms with Crippen LogP contribution in [0.15, 0.2) is 36.7 Å². The van der Waals surface area contributed by atoms with Gasteiger partial charge in [0.05, 0.1) is 10.6 Å². The number of aromatic nitrogens is 1. The molecule has 0 bridgehead atoms. The molecule has 2 aromatic rings. The normalized spacial score (nSPS) is 12.2. The predicted molar refractivity (Wildman–Crippen MR) is 86.1 cm³/mol. The molecule has 0 fully saturated rings. The molecule has 1 aromatic heterocycles.